The molecule has 53 heavy (non-hydrogen) atoms. The summed E-state index contributed by atoms with van der Waals surface area (Å²) < 4.78 is 0. The summed E-state index contributed by atoms with van der Waals surface area (Å²) in [7, 11) is 0. The molecule has 8 aromatic carbocycles. The lowest BCUT2D eigenvalue weighted by molar-refractivity contribution is 0.745. The summed E-state index contributed by atoms with van der Waals surface area (Å²) in [5.41, 5.74) is 13.5. The number of anilines is 5. The van der Waals surface area contributed by atoms with Crippen molar-refractivity contribution in [2.45, 2.75) is 18.9 Å². The van der Waals surface area contributed by atoms with Crippen molar-refractivity contribution in [1.82, 2.24) is 0 Å². The summed E-state index contributed by atoms with van der Waals surface area (Å²) in [5.74, 6) is 0.364. The number of aryl methyl sites for hydroxylation is 1. The average Bonchev–Trinajstić information content (AvgIpc) is 3.56. The van der Waals surface area contributed by atoms with Crippen molar-refractivity contribution in [3.05, 3.63) is 211 Å². The summed E-state index contributed by atoms with van der Waals surface area (Å²) >= 11 is 0. The molecule has 0 spiro atoms. The second-order valence-corrected chi connectivity index (χ2v) is 14.2. The topological polar surface area (TPSA) is 6.48 Å². The molecule has 0 bridgehead atoms. The number of hydrogen-bond acceptors (Lipinski definition) is 2. The number of benzene rings is 8. The van der Waals surface area contributed by atoms with Gasteiger partial charge in [-0.3, -0.25) is 0 Å². The Balaban J connectivity index is 1.07. The number of hydrogen-bond donors (Lipinski definition) is 0. The number of allylic oxidation sites excluding steroid dienone is 2. The van der Waals surface area contributed by atoms with Crippen LogP contribution in [0.4, 0.5) is 28.4 Å². The minimum absolute atomic E-state index is 0.277. The van der Waals surface area contributed by atoms with E-state index in [1.165, 1.54) is 66.3 Å². The molecule has 0 amide bonds. The van der Waals surface area contributed by atoms with Gasteiger partial charge in [-0.1, -0.05) is 151 Å². The van der Waals surface area contributed by atoms with Crippen LogP contribution in [0.1, 0.15) is 17.0 Å². The lowest BCUT2D eigenvalue weighted by atomic mass is 9.85. The van der Waals surface area contributed by atoms with Gasteiger partial charge in [0.25, 0.3) is 0 Å². The Labute approximate surface area is 311 Å². The van der Waals surface area contributed by atoms with Gasteiger partial charge in [0.15, 0.2) is 0 Å². The summed E-state index contributed by atoms with van der Waals surface area (Å²) in [5, 5.41) is 5.09. The Morgan fingerprint density at radius 3 is 1.74 bits per heavy atom. The van der Waals surface area contributed by atoms with E-state index in [9.17, 15) is 0 Å². The van der Waals surface area contributed by atoms with Gasteiger partial charge >= 0.3 is 0 Å². The largest absolute Gasteiger partial charge is 0.333 e. The molecular formula is C51H38N2. The van der Waals surface area contributed by atoms with Gasteiger partial charge in [-0.2, -0.15) is 0 Å². The van der Waals surface area contributed by atoms with Gasteiger partial charge in [0.2, 0.25) is 0 Å². The number of para-hydroxylation sites is 2. The first-order valence-electron chi connectivity index (χ1n) is 18.5. The third kappa shape index (κ3) is 5.26. The van der Waals surface area contributed by atoms with Gasteiger partial charge in [-0.25, -0.2) is 0 Å². The van der Waals surface area contributed by atoms with Crippen molar-refractivity contribution in [2.75, 3.05) is 9.80 Å². The molecule has 0 radical (unpaired) electrons. The van der Waals surface area contributed by atoms with Crippen LogP contribution < -0.4 is 9.80 Å². The van der Waals surface area contributed by atoms with Crippen molar-refractivity contribution in [3.63, 3.8) is 0 Å². The molecule has 252 valence electrons. The fourth-order valence-electron chi connectivity index (χ4n) is 8.67. The van der Waals surface area contributed by atoms with E-state index >= 15 is 0 Å². The molecule has 0 fully saturated rings. The third-order valence-corrected chi connectivity index (χ3v) is 11.0. The van der Waals surface area contributed by atoms with Crippen LogP contribution in [0.15, 0.2) is 200 Å². The van der Waals surface area contributed by atoms with E-state index in [-0.39, 0.29) is 6.04 Å². The van der Waals surface area contributed by atoms with Gasteiger partial charge in [0.05, 0.1) is 6.04 Å². The summed E-state index contributed by atoms with van der Waals surface area (Å²) in [6, 6.07) is 64.6. The monoisotopic (exact) mass is 678 g/mol. The Morgan fingerprint density at radius 2 is 1.00 bits per heavy atom. The van der Waals surface area contributed by atoms with Crippen LogP contribution in [0, 0.1) is 6.92 Å². The molecule has 0 saturated carbocycles. The minimum Gasteiger partial charge on any atom is -0.333 e. The third-order valence-electron chi connectivity index (χ3n) is 11.0. The zero-order chi connectivity index (χ0) is 35.3. The van der Waals surface area contributed by atoms with Crippen molar-refractivity contribution in [1.29, 1.82) is 0 Å². The Hall–Kier alpha value is -6.64. The van der Waals surface area contributed by atoms with Gasteiger partial charge in [0.1, 0.15) is 0 Å². The normalized spacial score (nSPS) is 15.8. The molecule has 2 aliphatic rings. The quantitative estimate of drug-likeness (QED) is 0.162. The van der Waals surface area contributed by atoms with Crippen molar-refractivity contribution < 1.29 is 0 Å². The Morgan fingerprint density at radius 1 is 0.453 bits per heavy atom. The van der Waals surface area contributed by atoms with Crippen molar-refractivity contribution in [2.24, 2.45) is 0 Å². The molecule has 0 N–H and O–H groups in total. The molecule has 1 aliphatic carbocycles. The van der Waals surface area contributed by atoms with Crippen molar-refractivity contribution >= 4 is 50.0 Å². The van der Waals surface area contributed by atoms with Crippen LogP contribution >= 0.6 is 0 Å². The number of nitrogens with zero attached hydrogens (tertiary/aromatic N) is 2. The molecule has 0 saturated heterocycles. The van der Waals surface area contributed by atoms with E-state index < -0.39 is 0 Å². The average molecular weight is 679 g/mol. The Bertz CT molecular complexity index is 2670. The molecule has 2 nitrogen and oxygen atoms in total. The van der Waals surface area contributed by atoms with Gasteiger partial charge < -0.3 is 9.80 Å². The van der Waals surface area contributed by atoms with E-state index in [1.54, 1.807) is 0 Å². The molecule has 1 aliphatic heterocycles. The first-order chi connectivity index (χ1) is 26.2. The van der Waals surface area contributed by atoms with Gasteiger partial charge in [-0.15, -0.1) is 0 Å². The SMILES string of the molecule is Cc1ccc2c(-c3ccccc3)c3ccccc3c(-c3ccc(N(c4ccccc4)c4ccc(N5c6ccccc6C6C=CC=CC65)cc4)cc3)c2c1. The molecule has 2 atom stereocenters. The van der Waals surface area contributed by atoms with Crippen LogP contribution in [0.25, 0.3) is 43.8 Å². The second kappa shape index (κ2) is 12.8. The van der Waals surface area contributed by atoms with Gasteiger partial charge in [0, 0.05) is 34.4 Å². The fourth-order valence-corrected chi connectivity index (χ4v) is 8.67. The fraction of sp³-hybridized carbons (Fsp3) is 0.0588. The predicted molar refractivity (Wildman–Crippen MR) is 225 cm³/mol. The molecule has 1 heterocycles. The highest BCUT2D eigenvalue weighted by molar-refractivity contribution is 6.21. The zero-order valence-electron chi connectivity index (χ0n) is 29.6. The smallest absolute Gasteiger partial charge is 0.0629 e. The second-order valence-electron chi connectivity index (χ2n) is 14.2. The lowest BCUT2D eigenvalue weighted by Gasteiger charge is -2.30. The first-order valence-corrected chi connectivity index (χ1v) is 18.5. The summed E-state index contributed by atoms with van der Waals surface area (Å²) in [4.78, 5) is 4.85. The first kappa shape index (κ1) is 31.1. The van der Waals surface area contributed by atoms with Crippen LogP contribution in [-0.4, -0.2) is 6.04 Å². The number of fused-ring (bicyclic) bond motifs is 5. The van der Waals surface area contributed by atoms with E-state index in [0.717, 1.165) is 17.1 Å². The predicted octanol–water partition coefficient (Wildman–Crippen LogP) is 13.8. The maximum Gasteiger partial charge on any atom is 0.0629 e. The molecule has 0 aromatic heterocycles. The summed E-state index contributed by atoms with van der Waals surface area (Å²) in [6.45, 7) is 2.19. The van der Waals surface area contributed by atoms with Crippen LogP contribution in [0.2, 0.25) is 0 Å². The van der Waals surface area contributed by atoms with Crippen LogP contribution in [-0.2, 0) is 0 Å². The lowest BCUT2D eigenvalue weighted by Crippen LogP contribution is -2.28. The maximum atomic E-state index is 2.49. The van der Waals surface area contributed by atoms with Gasteiger partial charge in [-0.05, 0) is 111 Å². The van der Waals surface area contributed by atoms with Crippen molar-refractivity contribution in [3.8, 4) is 22.3 Å². The van der Waals surface area contributed by atoms with E-state index in [1.807, 2.05) is 0 Å². The van der Waals surface area contributed by atoms with E-state index in [4.69, 9.17) is 0 Å². The highest BCUT2D eigenvalue weighted by Crippen LogP contribution is 2.49. The highest BCUT2D eigenvalue weighted by Gasteiger charge is 2.37. The molecular weight excluding hydrogens is 641 g/mol. The minimum atomic E-state index is 0.277. The van der Waals surface area contributed by atoms with Crippen LogP contribution in [0.5, 0.6) is 0 Å². The van der Waals surface area contributed by atoms with Crippen LogP contribution in [0.3, 0.4) is 0 Å². The molecule has 2 unspecified atom stereocenters. The molecule has 2 heteroatoms. The molecule has 8 aromatic rings. The van der Waals surface area contributed by atoms with E-state index in [0.29, 0.717) is 5.92 Å². The highest BCUT2D eigenvalue weighted by atomic mass is 15.2. The molecule has 10 rings (SSSR count). The maximum absolute atomic E-state index is 2.49. The standard InChI is InChI=1S/C51H38N2/c1-35-24-33-46-47(34-35)51(45-21-9-8-20-44(45)50(46)36-14-4-2-5-15-36)37-25-27-39(28-26-37)52(38-16-6-3-7-17-38)40-29-31-41(32-30-40)53-48-22-12-10-18-42(48)43-19-11-13-23-49(43)53/h2-34,42,48H,1H3. The Kier molecular flexibility index (Phi) is 7.54. The van der Waals surface area contributed by atoms with E-state index in [2.05, 4.69) is 217 Å². The number of rotatable bonds is 6. The summed E-state index contributed by atoms with van der Waals surface area (Å²) in [6.07, 6.45) is 9.03. The zero-order valence-corrected chi connectivity index (χ0v) is 29.6.